The number of hydrogen-bond donors (Lipinski definition) is 1. The summed E-state index contributed by atoms with van der Waals surface area (Å²) in [5, 5.41) is 10.5. The zero-order valence-electron chi connectivity index (χ0n) is 8.92. The Morgan fingerprint density at radius 1 is 1.43 bits per heavy atom. The fraction of sp³-hybridized carbons (Fsp3) is 0.667. The van der Waals surface area contributed by atoms with Gasteiger partial charge in [0.15, 0.2) is 0 Å². The Kier molecular flexibility index (Phi) is 2.18. The second-order valence-electron chi connectivity index (χ2n) is 5.08. The van der Waals surface area contributed by atoms with Gasteiger partial charge in [-0.3, -0.25) is 0 Å². The molecule has 0 bridgehead atoms. The normalized spacial score (nSPS) is 30.8. The summed E-state index contributed by atoms with van der Waals surface area (Å²) >= 11 is 0. The van der Waals surface area contributed by atoms with Crippen LogP contribution in [-0.2, 0) is 6.42 Å². The van der Waals surface area contributed by atoms with Gasteiger partial charge in [0, 0.05) is 6.42 Å². The van der Waals surface area contributed by atoms with Crippen LogP contribution in [0.25, 0.3) is 0 Å². The molecule has 0 aliphatic heterocycles. The van der Waals surface area contributed by atoms with Gasteiger partial charge in [-0.1, -0.05) is 13.8 Å². The van der Waals surface area contributed by atoms with Crippen LogP contribution in [0.15, 0.2) is 23.0 Å². The lowest BCUT2D eigenvalue weighted by atomic mass is 9.75. The predicted molar refractivity (Wildman–Crippen MR) is 55.0 cm³/mol. The molecule has 2 heteroatoms. The molecular formula is C12H18O2. The summed E-state index contributed by atoms with van der Waals surface area (Å²) in [6.07, 6.45) is 7.26. The van der Waals surface area contributed by atoms with Crippen LogP contribution in [0, 0.1) is 5.41 Å². The highest BCUT2D eigenvalue weighted by Gasteiger charge is 2.47. The van der Waals surface area contributed by atoms with Crippen molar-refractivity contribution in [3.05, 3.63) is 24.2 Å². The highest BCUT2D eigenvalue weighted by atomic mass is 16.3. The summed E-state index contributed by atoms with van der Waals surface area (Å²) in [4.78, 5) is 0. The van der Waals surface area contributed by atoms with Crippen LogP contribution in [0.2, 0.25) is 0 Å². The SMILES string of the molecule is CC1(C)CCCC1(O)Cc1ccoc1. The first-order chi connectivity index (χ1) is 6.54. The average molecular weight is 194 g/mol. The maximum atomic E-state index is 10.5. The van der Waals surface area contributed by atoms with E-state index in [9.17, 15) is 5.11 Å². The van der Waals surface area contributed by atoms with Gasteiger partial charge in [-0.05, 0) is 36.3 Å². The molecule has 1 unspecified atom stereocenters. The topological polar surface area (TPSA) is 33.4 Å². The zero-order chi connectivity index (χ0) is 10.2. The van der Waals surface area contributed by atoms with Gasteiger partial charge in [-0.25, -0.2) is 0 Å². The van der Waals surface area contributed by atoms with E-state index in [4.69, 9.17) is 4.42 Å². The molecule has 0 spiro atoms. The van der Waals surface area contributed by atoms with Crippen LogP contribution in [0.5, 0.6) is 0 Å². The molecule has 1 aromatic rings. The molecule has 1 aliphatic carbocycles. The van der Waals surface area contributed by atoms with Crippen molar-refractivity contribution in [3.8, 4) is 0 Å². The van der Waals surface area contributed by atoms with Crippen molar-refractivity contribution in [1.29, 1.82) is 0 Å². The van der Waals surface area contributed by atoms with Crippen LogP contribution in [0.4, 0.5) is 0 Å². The lowest BCUT2D eigenvalue weighted by Crippen LogP contribution is -2.41. The fourth-order valence-electron chi connectivity index (χ4n) is 2.45. The molecule has 1 aromatic heterocycles. The van der Waals surface area contributed by atoms with E-state index in [-0.39, 0.29) is 5.41 Å². The van der Waals surface area contributed by atoms with E-state index >= 15 is 0 Å². The van der Waals surface area contributed by atoms with Crippen LogP contribution in [0.1, 0.15) is 38.7 Å². The number of hydrogen-bond acceptors (Lipinski definition) is 2. The summed E-state index contributed by atoms with van der Waals surface area (Å²) < 4.78 is 5.03. The molecule has 0 radical (unpaired) electrons. The summed E-state index contributed by atoms with van der Waals surface area (Å²) in [6.45, 7) is 4.31. The van der Waals surface area contributed by atoms with Crippen molar-refractivity contribution in [2.45, 2.75) is 45.1 Å². The highest BCUT2D eigenvalue weighted by molar-refractivity contribution is 5.13. The number of aliphatic hydroxyl groups is 1. The molecule has 1 aliphatic rings. The Bertz CT molecular complexity index is 300. The Hall–Kier alpha value is -0.760. The van der Waals surface area contributed by atoms with Crippen LogP contribution in [0.3, 0.4) is 0 Å². The van der Waals surface area contributed by atoms with E-state index in [1.165, 1.54) is 0 Å². The first-order valence-corrected chi connectivity index (χ1v) is 5.27. The molecule has 78 valence electrons. The van der Waals surface area contributed by atoms with Gasteiger partial charge >= 0.3 is 0 Å². The van der Waals surface area contributed by atoms with E-state index in [0.29, 0.717) is 0 Å². The maximum absolute atomic E-state index is 10.5. The molecule has 0 amide bonds. The third-order valence-electron chi connectivity index (χ3n) is 3.73. The van der Waals surface area contributed by atoms with Gasteiger partial charge in [0.25, 0.3) is 0 Å². The van der Waals surface area contributed by atoms with E-state index < -0.39 is 5.60 Å². The van der Waals surface area contributed by atoms with Crippen molar-refractivity contribution in [2.24, 2.45) is 5.41 Å². The van der Waals surface area contributed by atoms with Crippen molar-refractivity contribution in [1.82, 2.24) is 0 Å². The second-order valence-corrected chi connectivity index (χ2v) is 5.08. The van der Waals surface area contributed by atoms with E-state index in [0.717, 1.165) is 31.2 Å². The number of furan rings is 1. The standard InChI is InChI=1S/C12H18O2/c1-11(2)5-3-6-12(11,13)8-10-4-7-14-9-10/h4,7,9,13H,3,5-6,8H2,1-2H3. The predicted octanol–water partition coefficient (Wildman–Crippen LogP) is 2.76. The van der Waals surface area contributed by atoms with E-state index in [1.807, 2.05) is 6.07 Å². The van der Waals surface area contributed by atoms with E-state index in [2.05, 4.69) is 13.8 Å². The lowest BCUT2D eigenvalue weighted by molar-refractivity contribution is -0.0420. The maximum Gasteiger partial charge on any atom is 0.0935 e. The minimum absolute atomic E-state index is 0.0320. The van der Waals surface area contributed by atoms with E-state index in [1.54, 1.807) is 12.5 Å². The molecule has 2 nitrogen and oxygen atoms in total. The molecule has 14 heavy (non-hydrogen) atoms. The Morgan fingerprint density at radius 3 is 2.71 bits per heavy atom. The van der Waals surface area contributed by atoms with Gasteiger partial charge in [0.2, 0.25) is 0 Å². The minimum atomic E-state index is -0.545. The summed E-state index contributed by atoms with van der Waals surface area (Å²) in [6, 6.07) is 1.94. The van der Waals surface area contributed by atoms with Crippen molar-refractivity contribution in [2.75, 3.05) is 0 Å². The minimum Gasteiger partial charge on any atom is -0.472 e. The molecule has 0 aromatic carbocycles. The first kappa shape index (κ1) is 9.78. The molecule has 0 saturated heterocycles. The summed E-state index contributed by atoms with van der Waals surface area (Å²) in [5.74, 6) is 0. The Morgan fingerprint density at radius 2 is 2.21 bits per heavy atom. The Balaban J connectivity index is 2.17. The lowest BCUT2D eigenvalue weighted by Gasteiger charge is -2.36. The summed E-state index contributed by atoms with van der Waals surface area (Å²) in [5.41, 5.74) is 0.587. The monoisotopic (exact) mass is 194 g/mol. The smallest absolute Gasteiger partial charge is 0.0935 e. The van der Waals surface area contributed by atoms with Crippen LogP contribution < -0.4 is 0 Å². The van der Waals surface area contributed by atoms with Gasteiger partial charge in [-0.2, -0.15) is 0 Å². The van der Waals surface area contributed by atoms with Gasteiger partial charge < -0.3 is 9.52 Å². The molecule has 1 heterocycles. The van der Waals surface area contributed by atoms with Crippen LogP contribution >= 0.6 is 0 Å². The largest absolute Gasteiger partial charge is 0.472 e. The zero-order valence-corrected chi connectivity index (χ0v) is 8.92. The van der Waals surface area contributed by atoms with Gasteiger partial charge in [-0.15, -0.1) is 0 Å². The summed E-state index contributed by atoms with van der Waals surface area (Å²) in [7, 11) is 0. The first-order valence-electron chi connectivity index (χ1n) is 5.27. The molecule has 2 rings (SSSR count). The van der Waals surface area contributed by atoms with Crippen LogP contribution in [-0.4, -0.2) is 10.7 Å². The second kappa shape index (κ2) is 3.13. The molecule has 1 atom stereocenters. The quantitative estimate of drug-likeness (QED) is 0.785. The molecule has 1 fully saturated rings. The van der Waals surface area contributed by atoms with Crippen molar-refractivity contribution >= 4 is 0 Å². The third kappa shape index (κ3) is 1.48. The molecule has 1 N–H and O–H groups in total. The molecular weight excluding hydrogens is 176 g/mol. The number of rotatable bonds is 2. The third-order valence-corrected chi connectivity index (χ3v) is 3.73. The Labute approximate surface area is 84.9 Å². The van der Waals surface area contributed by atoms with Crippen molar-refractivity contribution in [3.63, 3.8) is 0 Å². The van der Waals surface area contributed by atoms with Gasteiger partial charge in [0.1, 0.15) is 0 Å². The fourth-order valence-corrected chi connectivity index (χ4v) is 2.45. The highest BCUT2D eigenvalue weighted by Crippen LogP contribution is 2.47. The average Bonchev–Trinajstić information content (AvgIpc) is 2.63. The van der Waals surface area contributed by atoms with Gasteiger partial charge in [0.05, 0.1) is 18.1 Å². The molecule has 1 saturated carbocycles. The van der Waals surface area contributed by atoms with Crippen molar-refractivity contribution < 1.29 is 9.52 Å².